The van der Waals surface area contributed by atoms with Gasteiger partial charge in [-0.2, -0.15) is 0 Å². The molecule has 0 aliphatic carbocycles. The summed E-state index contributed by atoms with van der Waals surface area (Å²) in [6.45, 7) is 3.46. The van der Waals surface area contributed by atoms with Crippen molar-refractivity contribution in [1.29, 1.82) is 0 Å². The van der Waals surface area contributed by atoms with Crippen molar-refractivity contribution in [2.45, 2.75) is 19.6 Å². The van der Waals surface area contributed by atoms with Crippen molar-refractivity contribution in [3.8, 4) is 0 Å². The van der Waals surface area contributed by atoms with Crippen molar-refractivity contribution in [2.24, 2.45) is 0 Å². The lowest BCUT2D eigenvalue weighted by molar-refractivity contribution is 0.174. The molecule has 1 unspecified atom stereocenters. The molecule has 2 nitrogen and oxygen atoms in total. The van der Waals surface area contributed by atoms with Crippen LogP contribution in [0.2, 0.25) is 0 Å². The van der Waals surface area contributed by atoms with Gasteiger partial charge in [0, 0.05) is 13.1 Å². The Morgan fingerprint density at radius 1 is 1.00 bits per heavy atom. The van der Waals surface area contributed by atoms with Gasteiger partial charge in [-0.25, -0.2) is 0 Å². The van der Waals surface area contributed by atoms with Crippen LogP contribution in [-0.4, -0.2) is 11.7 Å². The minimum atomic E-state index is -0.449. The van der Waals surface area contributed by atoms with Crippen LogP contribution in [0.5, 0.6) is 0 Å². The summed E-state index contributed by atoms with van der Waals surface area (Å²) in [6.07, 6.45) is -0.449. The second-order valence-corrected chi connectivity index (χ2v) is 4.48. The van der Waals surface area contributed by atoms with E-state index in [4.69, 9.17) is 0 Å². The molecule has 2 N–H and O–H groups in total. The standard InChI is InChI=1S/C16H19NO.ClH/c1-13-7-5-6-10-15(13)11-17-12-16(18)14-8-3-2-4-9-14;/h2-10,16-18H,11-12H2,1H3;1H. The molecule has 0 aliphatic rings. The smallest absolute Gasteiger partial charge is 0.0914 e. The number of aliphatic hydroxyl groups excluding tert-OH is 1. The first kappa shape index (κ1) is 15.7. The van der Waals surface area contributed by atoms with Gasteiger partial charge in [0.05, 0.1) is 6.10 Å². The summed E-state index contributed by atoms with van der Waals surface area (Å²) in [5.41, 5.74) is 3.51. The molecule has 0 heterocycles. The molecule has 0 fully saturated rings. The van der Waals surface area contributed by atoms with Gasteiger partial charge in [0.15, 0.2) is 0 Å². The molecule has 2 aromatic rings. The Balaban J connectivity index is 0.00000180. The minimum absolute atomic E-state index is 0. The average molecular weight is 278 g/mol. The normalized spacial score (nSPS) is 11.7. The topological polar surface area (TPSA) is 32.3 Å². The lowest BCUT2D eigenvalue weighted by atomic mass is 10.1. The lowest BCUT2D eigenvalue weighted by Gasteiger charge is -2.13. The molecule has 102 valence electrons. The number of hydrogen-bond acceptors (Lipinski definition) is 2. The maximum atomic E-state index is 10.0. The molecule has 0 aromatic heterocycles. The van der Waals surface area contributed by atoms with Gasteiger partial charge in [-0.1, -0.05) is 54.6 Å². The molecular formula is C16H20ClNO. The zero-order valence-corrected chi connectivity index (χ0v) is 11.9. The van der Waals surface area contributed by atoms with Crippen molar-refractivity contribution < 1.29 is 5.11 Å². The number of rotatable bonds is 5. The van der Waals surface area contributed by atoms with Crippen molar-refractivity contribution in [2.75, 3.05) is 6.54 Å². The van der Waals surface area contributed by atoms with E-state index < -0.39 is 6.10 Å². The van der Waals surface area contributed by atoms with Crippen LogP contribution in [0.1, 0.15) is 22.8 Å². The molecule has 0 saturated heterocycles. The Hall–Kier alpha value is -1.35. The second kappa shape index (κ2) is 7.95. The Morgan fingerprint density at radius 2 is 1.63 bits per heavy atom. The molecule has 0 aliphatic heterocycles. The van der Waals surface area contributed by atoms with Gasteiger partial charge in [-0.3, -0.25) is 0 Å². The third-order valence-corrected chi connectivity index (χ3v) is 3.10. The maximum absolute atomic E-state index is 10.0. The molecule has 2 aromatic carbocycles. The van der Waals surface area contributed by atoms with Crippen LogP contribution in [0.15, 0.2) is 54.6 Å². The first-order chi connectivity index (χ1) is 8.77. The highest BCUT2D eigenvalue weighted by atomic mass is 35.5. The summed E-state index contributed by atoms with van der Waals surface area (Å²) >= 11 is 0. The molecular weight excluding hydrogens is 258 g/mol. The van der Waals surface area contributed by atoms with Gasteiger partial charge >= 0.3 is 0 Å². The Morgan fingerprint density at radius 3 is 2.32 bits per heavy atom. The van der Waals surface area contributed by atoms with Gasteiger partial charge < -0.3 is 10.4 Å². The third-order valence-electron chi connectivity index (χ3n) is 3.10. The van der Waals surface area contributed by atoms with E-state index in [2.05, 4.69) is 24.4 Å². The van der Waals surface area contributed by atoms with E-state index in [-0.39, 0.29) is 12.4 Å². The zero-order valence-electron chi connectivity index (χ0n) is 11.0. The van der Waals surface area contributed by atoms with E-state index in [0.717, 1.165) is 12.1 Å². The Kier molecular flexibility index (Phi) is 6.57. The van der Waals surface area contributed by atoms with Gasteiger partial charge in [-0.05, 0) is 23.6 Å². The average Bonchev–Trinajstić information content (AvgIpc) is 2.42. The zero-order chi connectivity index (χ0) is 12.8. The summed E-state index contributed by atoms with van der Waals surface area (Å²) in [5.74, 6) is 0. The highest BCUT2D eigenvalue weighted by Crippen LogP contribution is 2.11. The van der Waals surface area contributed by atoms with Crippen LogP contribution in [-0.2, 0) is 6.54 Å². The van der Waals surface area contributed by atoms with Crippen LogP contribution < -0.4 is 5.32 Å². The Labute approximate surface area is 120 Å². The van der Waals surface area contributed by atoms with Crippen LogP contribution in [0, 0.1) is 6.92 Å². The first-order valence-electron chi connectivity index (χ1n) is 6.25. The van der Waals surface area contributed by atoms with Crippen molar-refractivity contribution in [1.82, 2.24) is 5.32 Å². The molecule has 3 heteroatoms. The molecule has 1 atom stereocenters. The van der Waals surface area contributed by atoms with Crippen molar-refractivity contribution >= 4 is 12.4 Å². The van der Waals surface area contributed by atoms with Crippen LogP contribution in [0.25, 0.3) is 0 Å². The Bertz CT molecular complexity index is 487. The molecule has 0 saturated carbocycles. The quantitative estimate of drug-likeness (QED) is 0.879. The van der Waals surface area contributed by atoms with Crippen LogP contribution in [0.3, 0.4) is 0 Å². The van der Waals surface area contributed by atoms with E-state index in [0.29, 0.717) is 6.54 Å². The third kappa shape index (κ3) is 4.67. The van der Waals surface area contributed by atoms with E-state index >= 15 is 0 Å². The van der Waals surface area contributed by atoms with Crippen LogP contribution in [0.4, 0.5) is 0 Å². The van der Waals surface area contributed by atoms with Gasteiger partial charge in [0.2, 0.25) is 0 Å². The number of hydrogen-bond donors (Lipinski definition) is 2. The van der Waals surface area contributed by atoms with Gasteiger partial charge in [0.1, 0.15) is 0 Å². The fourth-order valence-electron chi connectivity index (χ4n) is 1.95. The monoisotopic (exact) mass is 277 g/mol. The predicted octanol–water partition coefficient (Wildman–Crippen LogP) is 3.24. The van der Waals surface area contributed by atoms with Crippen LogP contribution >= 0.6 is 12.4 Å². The number of aliphatic hydroxyl groups is 1. The predicted molar refractivity (Wildman–Crippen MR) is 81.5 cm³/mol. The summed E-state index contributed by atoms with van der Waals surface area (Å²) in [6, 6.07) is 18.0. The highest BCUT2D eigenvalue weighted by molar-refractivity contribution is 5.85. The minimum Gasteiger partial charge on any atom is -0.387 e. The van der Waals surface area contributed by atoms with E-state index in [1.165, 1.54) is 11.1 Å². The highest BCUT2D eigenvalue weighted by Gasteiger charge is 2.06. The number of nitrogens with one attached hydrogen (secondary N) is 1. The van der Waals surface area contributed by atoms with E-state index in [9.17, 15) is 5.11 Å². The summed E-state index contributed by atoms with van der Waals surface area (Å²) in [7, 11) is 0. The summed E-state index contributed by atoms with van der Waals surface area (Å²) < 4.78 is 0. The van der Waals surface area contributed by atoms with Crippen molar-refractivity contribution in [3.63, 3.8) is 0 Å². The SMILES string of the molecule is Cc1ccccc1CNCC(O)c1ccccc1.Cl. The fraction of sp³-hybridized carbons (Fsp3) is 0.250. The number of benzene rings is 2. The molecule has 0 bridgehead atoms. The summed E-state index contributed by atoms with van der Waals surface area (Å²) in [5, 5.41) is 13.3. The summed E-state index contributed by atoms with van der Waals surface area (Å²) in [4.78, 5) is 0. The molecule has 19 heavy (non-hydrogen) atoms. The number of halogens is 1. The van der Waals surface area contributed by atoms with Gasteiger partial charge in [-0.15, -0.1) is 12.4 Å². The largest absolute Gasteiger partial charge is 0.387 e. The van der Waals surface area contributed by atoms with Crippen molar-refractivity contribution in [3.05, 3.63) is 71.3 Å². The van der Waals surface area contributed by atoms with Gasteiger partial charge in [0.25, 0.3) is 0 Å². The molecule has 2 rings (SSSR count). The molecule has 0 amide bonds. The van der Waals surface area contributed by atoms with E-state index in [1.807, 2.05) is 42.5 Å². The molecule has 0 radical (unpaired) electrons. The lowest BCUT2D eigenvalue weighted by Crippen LogP contribution is -2.21. The second-order valence-electron chi connectivity index (χ2n) is 4.48. The van der Waals surface area contributed by atoms with E-state index in [1.54, 1.807) is 0 Å². The number of aryl methyl sites for hydroxylation is 1. The molecule has 0 spiro atoms. The first-order valence-corrected chi connectivity index (χ1v) is 6.25. The maximum Gasteiger partial charge on any atom is 0.0914 e. The fourth-order valence-corrected chi connectivity index (χ4v) is 1.95.